The van der Waals surface area contributed by atoms with Crippen LogP contribution in [0.5, 0.6) is 5.75 Å². The molecule has 0 spiro atoms. The van der Waals surface area contributed by atoms with E-state index in [1.807, 2.05) is 4.90 Å². The molecule has 0 aromatic heterocycles. The van der Waals surface area contributed by atoms with Gasteiger partial charge in [0.1, 0.15) is 5.75 Å². The van der Waals surface area contributed by atoms with Gasteiger partial charge in [-0.2, -0.15) is 0 Å². The predicted molar refractivity (Wildman–Crippen MR) is 66.2 cm³/mol. The number of rotatable bonds is 1. The van der Waals surface area contributed by atoms with Crippen LogP contribution in [0.3, 0.4) is 0 Å². The molecule has 0 atom stereocenters. The van der Waals surface area contributed by atoms with E-state index in [2.05, 4.69) is 11.9 Å². The van der Waals surface area contributed by atoms with Crippen molar-refractivity contribution >= 4 is 5.91 Å². The summed E-state index contributed by atoms with van der Waals surface area (Å²) in [6.07, 6.45) is 0. The normalized spacial score (nSPS) is 17.2. The highest BCUT2D eigenvalue weighted by Crippen LogP contribution is 2.18. The first-order chi connectivity index (χ1) is 8.08. The molecule has 0 unspecified atom stereocenters. The van der Waals surface area contributed by atoms with E-state index >= 15 is 0 Å². The van der Waals surface area contributed by atoms with Crippen molar-refractivity contribution in [3.63, 3.8) is 0 Å². The Labute approximate surface area is 101 Å². The third kappa shape index (κ3) is 2.58. The summed E-state index contributed by atoms with van der Waals surface area (Å²) >= 11 is 0. The Morgan fingerprint density at radius 1 is 1.24 bits per heavy atom. The minimum atomic E-state index is 0.0567. The van der Waals surface area contributed by atoms with Crippen LogP contribution in [0.25, 0.3) is 0 Å². The van der Waals surface area contributed by atoms with Crippen LogP contribution in [-0.4, -0.2) is 54.0 Å². The molecule has 0 radical (unpaired) electrons. The molecule has 1 aliphatic heterocycles. The number of piperazine rings is 1. The number of hydrogen-bond acceptors (Lipinski definition) is 3. The fraction of sp³-hybridized carbons (Fsp3) is 0.462. The van der Waals surface area contributed by atoms with Crippen LogP contribution in [0.1, 0.15) is 15.9 Å². The zero-order valence-corrected chi connectivity index (χ0v) is 10.3. The summed E-state index contributed by atoms with van der Waals surface area (Å²) in [7, 11) is 2.06. The monoisotopic (exact) mass is 234 g/mol. The van der Waals surface area contributed by atoms with Gasteiger partial charge in [-0.05, 0) is 37.7 Å². The van der Waals surface area contributed by atoms with Gasteiger partial charge in [-0.25, -0.2) is 0 Å². The van der Waals surface area contributed by atoms with Gasteiger partial charge in [0.05, 0.1) is 0 Å². The summed E-state index contributed by atoms with van der Waals surface area (Å²) in [6, 6.07) is 5.01. The van der Waals surface area contributed by atoms with Crippen LogP contribution >= 0.6 is 0 Å². The molecule has 0 saturated carbocycles. The molecule has 1 aliphatic rings. The van der Waals surface area contributed by atoms with Crippen molar-refractivity contribution in [1.82, 2.24) is 9.80 Å². The third-order valence-electron chi connectivity index (χ3n) is 3.23. The van der Waals surface area contributed by atoms with Crippen LogP contribution in [0, 0.1) is 6.92 Å². The number of likely N-dealkylation sites (N-methyl/N-ethyl adjacent to an activating group) is 1. The van der Waals surface area contributed by atoms with E-state index in [0.717, 1.165) is 31.7 Å². The summed E-state index contributed by atoms with van der Waals surface area (Å²) in [5.41, 5.74) is 1.40. The van der Waals surface area contributed by atoms with Gasteiger partial charge in [-0.3, -0.25) is 4.79 Å². The van der Waals surface area contributed by atoms with Crippen molar-refractivity contribution in [2.45, 2.75) is 6.92 Å². The van der Waals surface area contributed by atoms with Crippen molar-refractivity contribution in [3.05, 3.63) is 29.3 Å². The van der Waals surface area contributed by atoms with Gasteiger partial charge in [-0.15, -0.1) is 0 Å². The van der Waals surface area contributed by atoms with E-state index in [9.17, 15) is 9.90 Å². The highest BCUT2D eigenvalue weighted by atomic mass is 16.3. The number of aryl methyl sites for hydroxylation is 1. The first-order valence-electron chi connectivity index (χ1n) is 5.85. The first kappa shape index (κ1) is 11.9. The molecule has 4 nitrogen and oxygen atoms in total. The number of nitrogens with zero attached hydrogens (tertiary/aromatic N) is 2. The average Bonchev–Trinajstić information content (AvgIpc) is 2.33. The number of carbonyl (C=O) groups excluding carboxylic acids is 1. The van der Waals surface area contributed by atoms with E-state index in [-0.39, 0.29) is 11.7 Å². The molecule has 0 bridgehead atoms. The second-order valence-electron chi connectivity index (χ2n) is 4.60. The fourth-order valence-electron chi connectivity index (χ4n) is 1.98. The SMILES string of the molecule is Cc1cc(C(=O)N2CCN(C)CC2)ccc1O. The van der Waals surface area contributed by atoms with Crippen molar-refractivity contribution in [2.75, 3.05) is 33.2 Å². The Morgan fingerprint density at radius 3 is 2.47 bits per heavy atom. The van der Waals surface area contributed by atoms with Gasteiger partial charge in [0.15, 0.2) is 0 Å². The first-order valence-corrected chi connectivity index (χ1v) is 5.85. The predicted octanol–water partition coefficient (Wildman–Crippen LogP) is 1.09. The lowest BCUT2D eigenvalue weighted by Gasteiger charge is -2.32. The van der Waals surface area contributed by atoms with Crippen LogP contribution in [0.15, 0.2) is 18.2 Å². The molecule has 1 aromatic rings. The molecular formula is C13H18N2O2. The summed E-state index contributed by atoms with van der Waals surface area (Å²) in [6.45, 7) is 5.19. The van der Waals surface area contributed by atoms with Gasteiger partial charge in [0.25, 0.3) is 5.91 Å². The smallest absolute Gasteiger partial charge is 0.253 e. The highest BCUT2D eigenvalue weighted by molar-refractivity contribution is 5.94. The number of carbonyl (C=O) groups is 1. The maximum Gasteiger partial charge on any atom is 0.253 e. The van der Waals surface area contributed by atoms with Crippen molar-refractivity contribution < 1.29 is 9.90 Å². The van der Waals surface area contributed by atoms with Gasteiger partial charge in [-0.1, -0.05) is 0 Å². The third-order valence-corrected chi connectivity index (χ3v) is 3.23. The number of amides is 1. The lowest BCUT2D eigenvalue weighted by Crippen LogP contribution is -2.47. The molecule has 1 saturated heterocycles. The lowest BCUT2D eigenvalue weighted by atomic mass is 10.1. The van der Waals surface area contributed by atoms with Crippen molar-refractivity contribution in [2.24, 2.45) is 0 Å². The van der Waals surface area contributed by atoms with Crippen molar-refractivity contribution in [1.29, 1.82) is 0 Å². The summed E-state index contributed by atoms with van der Waals surface area (Å²) in [5.74, 6) is 0.293. The molecular weight excluding hydrogens is 216 g/mol. The molecule has 92 valence electrons. The number of phenols is 1. The minimum Gasteiger partial charge on any atom is -0.508 e. The fourth-order valence-corrected chi connectivity index (χ4v) is 1.98. The lowest BCUT2D eigenvalue weighted by molar-refractivity contribution is 0.0664. The molecule has 1 N–H and O–H groups in total. The second-order valence-corrected chi connectivity index (χ2v) is 4.60. The molecule has 4 heteroatoms. The van der Waals surface area contributed by atoms with E-state index < -0.39 is 0 Å². The Kier molecular flexibility index (Phi) is 3.33. The van der Waals surface area contributed by atoms with E-state index in [0.29, 0.717) is 5.56 Å². The Hall–Kier alpha value is -1.55. The average molecular weight is 234 g/mol. The Morgan fingerprint density at radius 2 is 1.88 bits per heavy atom. The summed E-state index contributed by atoms with van der Waals surface area (Å²) in [4.78, 5) is 16.3. The quantitative estimate of drug-likeness (QED) is 0.791. The number of aromatic hydroxyl groups is 1. The number of hydrogen-bond donors (Lipinski definition) is 1. The molecule has 1 fully saturated rings. The molecule has 1 aromatic carbocycles. The van der Waals surface area contributed by atoms with Crippen molar-refractivity contribution in [3.8, 4) is 5.75 Å². The van der Waals surface area contributed by atoms with E-state index in [1.54, 1.807) is 25.1 Å². The molecule has 0 aliphatic carbocycles. The van der Waals surface area contributed by atoms with Crippen LogP contribution < -0.4 is 0 Å². The largest absolute Gasteiger partial charge is 0.508 e. The van der Waals surface area contributed by atoms with E-state index in [1.165, 1.54) is 0 Å². The van der Waals surface area contributed by atoms with Gasteiger partial charge < -0.3 is 14.9 Å². The molecule has 17 heavy (non-hydrogen) atoms. The maximum atomic E-state index is 12.2. The van der Waals surface area contributed by atoms with Gasteiger partial charge in [0.2, 0.25) is 0 Å². The zero-order chi connectivity index (χ0) is 12.4. The van der Waals surface area contributed by atoms with Gasteiger partial charge in [0, 0.05) is 31.7 Å². The second kappa shape index (κ2) is 4.75. The summed E-state index contributed by atoms with van der Waals surface area (Å²) in [5, 5.41) is 9.44. The Bertz CT molecular complexity index is 423. The van der Waals surface area contributed by atoms with Crippen LogP contribution in [0.2, 0.25) is 0 Å². The zero-order valence-electron chi connectivity index (χ0n) is 10.3. The molecule has 1 heterocycles. The molecule has 2 rings (SSSR count). The van der Waals surface area contributed by atoms with Crippen LogP contribution in [-0.2, 0) is 0 Å². The standard InChI is InChI=1S/C13H18N2O2/c1-10-9-11(3-4-12(10)16)13(17)15-7-5-14(2)6-8-15/h3-4,9,16H,5-8H2,1-2H3. The van der Waals surface area contributed by atoms with Crippen LogP contribution in [0.4, 0.5) is 0 Å². The maximum absolute atomic E-state index is 12.2. The van der Waals surface area contributed by atoms with Gasteiger partial charge >= 0.3 is 0 Å². The molecule has 1 amide bonds. The summed E-state index contributed by atoms with van der Waals surface area (Å²) < 4.78 is 0. The highest BCUT2D eigenvalue weighted by Gasteiger charge is 2.20. The van der Waals surface area contributed by atoms with E-state index in [4.69, 9.17) is 0 Å². The topological polar surface area (TPSA) is 43.8 Å². The minimum absolute atomic E-state index is 0.0567. The number of benzene rings is 1. The number of phenolic OH excluding ortho intramolecular Hbond substituents is 1. The Balaban J connectivity index is 2.11.